The molecule has 19 heavy (non-hydrogen) atoms. The summed E-state index contributed by atoms with van der Waals surface area (Å²) >= 11 is 0. The van der Waals surface area contributed by atoms with Gasteiger partial charge < -0.3 is 0 Å². The molecule has 2 aromatic carbocycles. The molecule has 0 unspecified atom stereocenters. The molecule has 2 rings (SSSR count). The summed E-state index contributed by atoms with van der Waals surface area (Å²) in [5, 5.41) is 4.47. The molecular formula is C17H20N2. The van der Waals surface area contributed by atoms with Crippen LogP contribution in [0.2, 0.25) is 0 Å². The molecule has 0 aliphatic rings. The molecule has 0 spiro atoms. The minimum atomic E-state index is 1.00. The van der Waals surface area contributed by atoms with Gasteiger partial charge in [0.05, 0.1) is 11.4 Å². The molecule has 0 atom stereocenters. The van der Waals surface area contributed by atoms with Gasteiger partial charge in [0.1, 0.15) is 0 Å². The van der Waals surface area contributed by atoms with E-state index in [0.717, 1.165) is 11.4 Å². The number of nitrogens with zero attached hydrogens (tertiary/aromatic N) is 1. The number of nitrogens with one attached hydrogen (secondary N) is 1. The molecule has 0 saturated heterocycles. The Bertz CT molecular complexity index is 612. The molecule has 0 heterocycles. The van der Waals surface area contributed by atoms with E-state index >= 15 is 0 Å². The molecule has 0 fully saturated rings. The van der Waals surface area contributed by atoms with E-state index in [1.54, 1.807) is 0 Å². The van der Waals surface area contributed by atoms with E-state index in [2.05, 4.69) is 61.6 Å². The van der Waals surface area contributed by atoms with E-state index in [1.165, 1.54) is 22.3 Å². The van der Waals surface area contributed by atoms with Crippen LogP contribution in [0.4, 0.5) is 5.69 Å². The zero-order valence-corrected chi connectivity index (χ0v) is 12.0. The first kappa shape index (κ1) is 13.3. The van der Waals surface area contributed by atoms with Gasteiger partial charge in [-0.25, -0.2) is 0 Å². The Labute approximate surface area is 115 Å². The zero-order valence-electron chi connectivity index (χ0n) is 12.0. The average Bonchev–Trinajstić information content (AvgIpc) is 2.39. The summed E-state index contributed by atoms with van der Waals surface area (Å²) < 4.78 is 0. The quantitative estimate of drug-likeness (QED) is 0.633. The Morgan fingerprint density at radius 1 is 0.947 bits per heavy atom. The third-order valence-corrected chi connectivity index (χ3v) is 3.15. The third kappa shape index (κ3) is 3.44. The van der Waals surface area contributed by atoms with Crippen molar-refractivity contribution in [2.75, 3.05) is 5.43 Å². The van der Waals surface area contributed by atoms with Crippen molar-refractivity contribution in [3.05, 3.63) is 64.7 Å². The first-order valence-electron chi connectivity index (χ1n) is 6.51. The third-order valence-electron chi connectivity index (χ3n) is 3.15. The van der Waals surface area contributed by atoms with Crippen LogP contribution < -0.4 is 5.43 Å². The fraction of sp³-hybridized carbons (Fsp3) is 0.235. The largest absolute Gasteiger partial charge is 0.278 e. The maximum absolute atomic E-state index is 4.47. The summed E-state index contributed by atoms with van der Waals surface area (Å²) in [5.41, 5.74) is 10.1. The molecule has 2 heteroatoms. The predicted octanol–water partition coefficient (Wildman–Crippen LogP) is 4.45. The fourth-order valence-electron chi connectivity index (χ4n) is 2.05. The van der Waals surface area contributed by atoms with Crippen LogP contribution in [0.15, 0.2) is 47.6 Å². The summed E-state index contributed by atoms with van der Waals surface area (Å²) in [7, 11) is 0. The molecule has 0 aliphatic carbocycles. The lowest BCUT2D eigenvalue weighted by Gasteiger charge is -2.08. The SMILES string of the molecule is C/C(=N/Nc1cccc(C)c1)c1cc(C)ccc1C. The van der Waals surface area contributed by atoms with E-state index in [1.807, 2.05) is 19.1 Å². The van der Waals surface area contributed by atoms with Gasteiger partial charge in [0.2, 0.25) is 0 Å². The van der Waals surface area contributed by atoms with E-state index < -0.39 is 0 Å². The average molecular weight is 252 g/mol. The van der Waals surface area contributed by atoms with E-state index in [0.29, 0.717) is 0 Å². The van der Waals surface area contributed by atoms with Crippen molar-refractivity contribution < 1.29 is 0 Å². The molecule has 0 radical (unpaired) electrons. The van der Waals surface area contributed by atoms with Crippen LogP contribution in [-0.4, -0.2) is 5.71 Å². The minimum Gasteiger partial charge on any atom is -0.278 e. The lowest BCUT2D eigenvalue weighted by molar-refractivity contribution is 1.29. The number of hydrazone groups is 1. The highest BCUT2D eigenvalue weighted by Crippen LogP contribution is 2.13. The molecule has 2 nitrogen and oxygen atoms in total. The summed E-state index contributed by atoms with van der Waals surface area (Å²) in [4.78, 5) is 0. The molecule has 0 aliphatic heterocycles. The molecule has 0 bridgehead atoms. The lowest BCUT2D eigenvalue weighted by atomic mass is 10.0. The summed E-state index contributed by atoms with van der Waals surface area (Å²) in [6, 6.07) is 14.6. The van der Waals surface area contributed by atoms with Crippen molar-refractivity contribution >= 4 is 11.4 Å². The second kappa shape index (κ2) is 5.70. The molecule has 2 aromatic rings. The molecule has 0 saturated carbocycles. The Kier molecular flexibility index (Phi) is 4.00. The monoisotopic (exact) mass is 252 g/mol. The van der Waals surface area contributed by atoms with Gasteiger partial charge in [0.15, 0.2) is 0 Å². The molecule has 0 aromatic heterocycles. The smallest absolute Gasteiger partial charge is 0.0651 e. The van der Waals surface area contributed by atoms with Crippen molar-refractivity contribution in [3.63, 3.8) is 0 Å². The summed E-state index contributed by atoms with van der Waals surface area (Å²) in [6.45, 7) is 8.32. The Morgan fingerprint density at radius 2 is 1.68 bits per heavy atom. The van der Waals surface area contributed by atoms with Gasteiger partial charge in [-0.05, 0) is 57.0 Å². The number of rotatable bonds is 3. The van der Waals surface area contributed by atoms with Crippen LogP contribution in [-0.2, 0) is 0 Å². The van der Waals surface area contributed by atoms with Crippen molar-refractivity contribution in [1.82, 2.24) is 0 Å². The highest BCUT2D eigenvalue weighted by atomic mass is 15.3. The number of benzene rings is 2. The Balaban J connectivity index is 2.21. The van der Waals surface area contributed by atoms with Gasteiger partial charge >= 0.3 is 0 Å². The topological polar surface area (TPSA) is 24.4 Å². The first-order chi connectivity index (χ1) is 9.06. The van der Waals surface area contributed by atoms with Crippen LogP contribution in [0.3, 0.4) is 0 Å². The highest BCUT2D eigenvalue weighted by molar-refractivity contribution is 6.00. The van der Waals surface area contributed by atoms with Crippen LogP contribution in [0.25, 0.3) is 0 Å². The van der Waals surface area contributed by atoms with Gasteiger partial charge in [-0.15, -0.1) is 0 Å². The summed E-state index contributed by atoms with van der Waals surface area (Å²) in [6.07, 6.45) is 0. The normalized spacial score (nSPS) is 11.5. The van der Waals surface area contributed by atoms with Crippen molar-refractivity contribution in [1.29, 1.82) is 0 Å². The van der Waals surface area contributed by atoms with Crippen molar-refractivity contribution in [2.45, 2.75) is 27.7 Å². The van der Waals surface area contributed by atoms with Gasteiger partial charge in [-0.1, -0.05) is 29.8 Å². The van der Waals surface area contributed by atoms with Crippen LogP contribution >= 0.6 is 0 Å². The van der Waals surface area contributed by atoms with Gasteiger partial charge in [0.25, 0.3) is 0 Å². The van der Waals surface area contributed by atoms with Crippen molar-refractivity contribution in [3.8, 4) is 0 Å². The van der Waals surface area contributed by atoms with Gasteiger partial charge in [-0.3, -0.25) is 5.43 Å². The summed E-state index contributed by atoms with van der Waals surface area (Å²) in [5.74, 6) is 0. The maximum atomic E-state index is 4.47. The number of hydrogen-bond donors (Lipinski definition) is 1. The fourth-order valence-corrected chi connectivity index (χ4v) is 2.05. The van der Waals surface area contributed by atoms with E-state index in [9.17, 15) is 0 Å². The first-order valence-corrected chi connectivity index (χ1v) is 6.51. The lowest BCUT2D eigenvalue weighted by Crippen LogP contribution is -2.02. The van der Waals surface area contributed by atoms with E-state index in [4.69, 9.17) is 0 Å². The Hall–Kier alpha value is -2.09. The van der Waals surface area contributed by atoms with Crippen LogP contribution in [0.1, 0.15) is 29.2 Å². The number of anilines is 1. The number of aryl methyl sites for hydroxylation is 3. The van der Waals surface area contributed by atoms with Crippen molar-refractivity contribution in [2.24, 2.45) is 5.10 Å². The highest BCUT2D eigenvalue weighted by Gasteiger charge is 2.02. The van der Waals surface area contributed by atoms with Crippen LogP contribution in [0, 0.1) is 20.8 Å². The maximum Gasteiger partial charge on any atom is 0.0651 e. The van der Waals surface area contributed by atoms with Crippen LogP contribution in [0.5, 0.6) is 0 Å². The second-order valence-electron chi connectivity index (χ2n) is 5.00. The molecule has 1 N–H and O–H groups in total. The second-order valence-corrected chi connectivity index (χ2v) is 5.00. The standard InChI is InChI=1S/C17H20N2/c1-12-6-5-7-16(10-12)19-18-15(4)17-11-13(2)8-9-14(17)3/h5-11,19H,1-4H3/b18-15-. The van der Waals surface area contributed by atoms with Gasteiger partial charge in [0, 0.05) is 5.56 Å². The number of hydrogen-bond acceptors (Lipinski definition) is 2. The van der Waals surface area contributed by atoms with Gasteiger partial charge in [-0.2, -0.15) is 5.10 Å². The molecule has 0 amide bonds. The van der Waals surface area contributed by atoms with E-state index in [-0.39, 0.29) is 0 Å². The molecule has 98 valence electrons. The minimum absolute atomic E-state index is 1.00. The zero-order chi connectivity index (χ0) is 13.8. The predicted molar refractivity (Wildman–Crippen MR) is 82.9 cm³/mol. The Morgan fingerprint density at radius 3 is 2.42 bits per heavy atom. The molecular weight excluding hydrogens is 232 g/mol.